The number of nitrogens with one attached hydrogen (secondary N) is 1. The largest absolute Gasteiger partial charge is 0.486 e. The zero-order valence-corrected chi connectivity index (χ0v) is 18.7. The van der Waals surface area contributed by atoms with Crippen LogP contribution in [0.15, 0.2) is 24.3 Å². The molecule has 1 amide bonds. The van der Waals surface area contributed by atoms with Crippen LogP contribution in [0.2, 0.25) is 0 Å². The fourth-order valence-electron chi connectivity index (χ4n) is 3.87. The Kier molecular flexibility index (Phi) is 6.27. The SMILES string of the molecule is Cc1cc(N2CCN([C@H](C)C(=O)Nc3ccc4c(c3)OCCO4)CC2)nc(C(C)C)n1. The summed E-state index contributed by atoms with van der Waals surface area (Å²) in [5.74, 6) is 3.52. The van der Waals surface area contributed by atoms with Gasteiger partial charge in [-0.25, -0.2) is 9.97 Å². The number of nitrogens with zero attached hydrogens (tertiary/aromatic N) is 4. The van der Waals surface area contributed by atoms with Crippen LogP contribution < -0.4 is 19.7 Å². The summed E-state index contributed by atoms with van der Waals surface area (Å²) in [6.45, 7) is 12.5. The molecule has 2 aliphatic heterocycles. The second-order valence-corrected chi connectivity index (χ2v) is 8.43. The van der Waals surface area contributed by atoms with Crippen molar-refractivity contribution in [2.75, 3.05) is 49.6 Å². The Morgan fingerprint density at radius 1 is 1.00 bits per heavy atom. The Morgan fingerprint density at radius 3 is 2.42 bits per heavy atom. The summed E-state index contributed by atoms with van der Waals surface area (Å²) in [4.78, 5) is 26.6. The fourth-order valence-corrected chi connectivity index (χ4v) is 3.87. The van der Waals surface area contributed by atoms with Gasteiger partial charge in [-0.05, 0) is 26.0 Å². The fraction of sp³-hybridized carbons (Fsp3) is 0.522. The van der Waals surface area contributed by atoms with Gasteiger partial charge in [-0.3, -0.25) is 9.69 Å². The number of piperazine rings is 1. The van der Waals surface area contributed by atoms with E-state index in [4.69, 9.17) is 14.5 Å². The van der Waals surface area contributed by atoms with E-state index in [0.717, 1.165) is 49.2 Å². The summed E-state index contributed by atoms with van der Waals surface area (Å²) >= 11 is 0. The number of aryl methyl sites for hydroxylation is 1. The number of anilines is 2. The molecule has 166 valence electrons. The lowest BCUT2D eigenvalue weighted by Gasteiger charge is -2.38. The predicted molar refractivity (Wildman–Crippen MR) is 120 cm³/mol. The summed E-state index contributed by atoms with van der Waals surface area (Å²) in [6.07, 6.45) is 0. The minimum Gasteiger partial charge on any atom is -0.486 e. The highest BCUT2D eigenvalue weighted by Crippen LogP contribution is 2.32. The van der Waals surface area contributed by atoms with Crippen molar-refractivity contribution in [2.24, 2.45) is 0 Å². The first-order valence-corrected chi connectivity index (χ1v) is 11.0. The maximum atomic E-state index is 12.8. The minimum atomic E-state index is -0.228. The summed E-state index contributed by atoms with van der Waals surface area (Å²) < 4.78 is 11.1. The van der Waals surface area contributed by atoms with Gasteiger partial charge in [-0.1, -0.05) is 13.8 Å². The number of hydrogen-bond donors (Lipinski definition) is 1. The van der Waals surface area contributed by atoms with Crippen molar-refractivity contribution >= 4 is 17.4 Å². The van der Waals surface area contributed by atoms with E-state index < -0.39 is 0 Å². The number of benzene rings is 1. The van der Waals surface area contributed by atoms with Crippen LogP contribution in [0.5, 0.6) is 11.5 Å². The van der Waals surface area contributed by atoms with Gasteiger partial charge in [0, 0.05) is 55.6 Å². The number of amides is 1. The van der Waals surface area contributed by atoms with E-state index >= 15 is 0 Å². The molecule has 2 aliphatic rings. The molecule has 1 aromatic heterocycles. The molecule has 0 radical (unpaired) electrons. The van der Waals surface area contributed by atoms with Gasteiger partial charge in [0.2, 0.25) is 5.91 Å². The van der Waals surface area contributed by atoms with E-state index in [1.807, 2.05) is 38.1 Å². The first-order chi connectivity index (χ1) is 14.9. The van der Waals surface area contributed by atoms with E-state index in [2.05, 4.69) is 33.9 Å². The molecule has 1 aromatic carbocycles. The number of rotatable bonds is 5. The van der Waals surface area contributed by atoms with Gasteiger partial charge in [0.05, 0.1) is 6.04 Å². The van der Waals surface area contributed by atoms with Crippen LogP contribution in [0.3, 0.4) is 0 Å². The third-order valence-corrected chi connectivity index (χ3v) is 5.75. The van der Waals surface area contributed by atoms with Crippen LogP contribution in [0.4, 0.5) is 11.5 Å². The maximum absolute atomic E-state index is 12.8. The van der Waals surface area contributed by atoms with Crippen molar-refractivity contribution in [3.8, 4) is 11.5 Å². The Labute approximate surface area is 183 Å². The van der Waals surface area contributed by atoms with Crippen molar-refractivity contribution in [1.29, 1.82) is 0 Å². The van der Waals surface area contributed by atoms with Crippen LogP contribution >= 0.6 is 0 Å². The van der Waals surface area contributed by atoms with Gasteiger partial charge in [-0.2, -0.15) is 0 Å². The molecular weight excluding hydrogens is 394 g/mol. The van der Waals surface area contributed by atoms with E-state index in [1.165, 1.54) is 0 Å². The molecule has 1 N–H and O–H groups in total. The number of hydrogen-bond acceptors (Lipinski definition) is 7. The van der Waals surface area contributed by atoms with E-state index in [9.17, 15) is 4.79 Å². The van der Waals surface area contributed by atoms with Crippen molar-refractivity contribution in [3.63, 3.8) is 0 Å². The van der Waals surface area contributed by atoms with Gasteiger partial charge in [0.25, 0.3) is 0 Å². The molecule has 8 nitrogen and oxygen atoms in total. The first kappa shape index (κ1) is 21.4. The molecule has 3 heterocycles. The standard InChI is InChI=1S/C23H31N5O3/c1-15(2)22-24-16(3)13-21(26-22)28-9-7-27(8-10-28)17(4)23(29)25-18-5-6-19-20(14-18)31-12-11-30-19/h5-6,13-15,17H,7-12H2,1-4H3,(H,25,29)/t17-/m1/s1. The lowest BCUT2D eigenvalue weighted by atomic mass is 10.2. The lowest BCUT2D eigenvalue weighted by Crippen LogP contribution is -2.53. The predicted octanol–water partition coefficient (Wildman–Crippen LogP) is 2.83. The zero-order valence-electron chi connectivity index (χ0n) is 18.7. The lowest BCUT2D eigenvalue weighted by molar-refractivity contribution is -0.120. The molecule has 2 aromatic rings. The molecule has 8 heteroatoms. The number of fused-ring (bicyclic) bond motifs is 1. The molecule has 0 saturated carbocycles. The molecule has 31 heavy (non-hydrogen) atoms. The zero-order chi connectivity index (χ0) is 22.0. The Bertz CT molecular complexity index is 941. The van der Waals surface area contributed by atoms with Gasteiger partial charge in [0.15, 0.2) is 11.5 Å². The molecule has 0 aliphatic carbocycles. The number of aromatic nitrogens is 2. The smallest absolute Gasteiger partial charge is 0.241 e. The third-order valence-electron chi connectivity index (χ3n) is 5.75. The van der Waals surface area contributed by atoms with Crippen molar-refractivity contribution < 1.29 is 14.3 Å². The second kappa shape index (κ2) is 9.09. The second-order valence-electron chi connectivity index (χ2n) is 8.43. The summed E-state index contributed by atoms with van der Waals surface area (Å²) in [7, 11) is 0. The number of ether oxygens (including phenoxy) is 2. The Balaban J connectivity index is 1.35. The minimum absolute atomic E-state index is 0.0231. The molecule has 0 bridgehead atoms. The Morgan fingerprint density at radius 2 is 1.71 bits per heavy atom. The average molecular weight is 426 g/mol. The summed E-state index contributed by atoms with van der Waals surface area (Å²) in [5.41, 5.74) is 1.71. The highest BCUT2D eigenvalue weighted by molar-refractivity contribution is 5.94. The molecule has 1 saturated heterocycles. The monoisotopic (exact) mass is 425 g/mol. The third kappa shape index (κ3) is 4.90. The Hall–Kier alpha value is -2.87. The van der Waals surface area contributed by atoms with Crippen LogP contribution in [-0.2, 0) is 4.79 Å². The van der Waals surface area contributed by atoms with Crippen molar-refractivity contribution in [3.05, 3.63) is 35.8 Å². The van der Waals surface area contributed by atoms with Gasteiger partial charge < -0.3 is 19.7 Å². The molecular formula is C23H31N5O3. The van der Waals surface area contributed by atoms with Crippen LogP contribution in [0.1, 0.15) is 38.2 Å². The van der Waals surface area contributed by atoms with Crippen molar-refractivity contribution in [2.45, 2.75) is 39.7 Å². The average Bonchev–Trinajstić information content (AvgIpc) is 2.78. The maximum Gasteiger partial charge on any atom is 0.241 e. The van der Waals surface area contributed by atoms with Gasteiger partial charge in [-0.15, -0.1) is 0 Å². The topological polar surface area (TPSA) is 79.8 Å². The van der Waals surface area contributed by atoms with E-state index in [-0.39, 0.29) is 11.9 Å². The van der Waals surface area contributed by atoms with Crippen LogP contribution in [0.25, 0.3) is 0 Å². The van der Waals surface area contributed by atoms with E-state index in [0.29, 0.717) is 30.6 Å². The first-order valence-electron chi connectivity index (χ1n) is 11.0. The quantitative estimate of drug-likeness (QED) is 0.789. The van der Waals surface area contributed by atoms with E-state index in [1.54, 1.807) is 0 Å². The molecule has 0 unspecified atom stereocenters. The van der Waals surface area contributed by atoms with Crippen molar-refractivity contribution in [1.82, 2.24) is 14.9 Å². The summed E-state index contributed by atoms with van der Waals surface area (Å²) in [6, 6.07) is 7.32. The molecule has 0 spiro atoms. The molecule has 1 atom stereocenters. The highest BCUT2D eigenvalue weighted by atomic mass is 16.6. The summed E-state index contributed by atoms with van der Waals surface area (Å²) in [5, 5.41) is 3.01. The number of carbonyl (C=O) groups excluding carboxylic acids is 1. The number of carbonyl (C=O) groups is 1. The highest BCUT2D eigenvalue weighted by Gasteiger charge is 2.27. The van der Waals surface area contributed by atoms with Crippen LogP contribution in [0, 0.1) is 6.92 Å². The van der Waals surface area contributed by atoms with Gasteiger partial charge >= 0.3 is 0 Å². The van der Waals surface area contributed by atoms with Crippen LogP contribution in [-0.4, -0.2) is 66.2 Å². The molecule has 1 fully saturated rings. The van der Waals surface area contributed by atoms with Gasteiger partial charge in [0.1, 0.15) is 24.9 Å². The molecule has 4 rings (SSSR count). The normalized spacial score (nSPS) is 17.5.